The minimum absolute atomic E-state index is 0.0179. The quantitative estimate of drug-likeness (QED) is 0.592. The van der Waals surface area contributed by atoms with Crippen molar-refractivity contribution in [2.24, 2.45) is 0 Å². The number of hydrogen-bond acceptors (Lipinski definition) is 4. The molecule has 2 aromatic carbocycles. The first-order valence-corrected chi connectivity index (χ1v) is 9.24. The third-order valence-electron chi connectivity index (χ3n) is 4.81. The molecule has 0 saturated carbocycles. The van der Waals surface area contributed by atoms with Crippen LogP contribution in [-0.4, -0.2) is 46.8 Å². The summed E-state index contributed by atoms with van der Waals surface area (Å²) in [4.78, 5) is 37.1. The summed E-state index contributed by atoms with van der Waals surface area (Å²) in [5, 5.41) is 23.3. The minimum Gasteiger partial charge on any atom is -0.479 e. The van der Waals surface area contributed by atoms with Gasteiger partial charge in [0.2, 0.25) is 5.91 Å². The lowest BCUT2D eigenvalue weighted by Gasteiger charge is -2.18. The van der Waals surface area contributed by atoms with Crippen LogP contribution in [0.2, 0.25) is 0 Å². The highest BCUT2D eigenvalue weighted by Gasteiger charge is 2.30. The fourth-order valence-electron chi connectivity index (χ4n) is 3.08. The smallest absolute Gasteiger partial charge is 0.337 e. The predicted molar refractivity (Wildman–Crippen MR) is 108 cm³/mol. The van der Waals surface area contributed by atoms with Gasteiger partial charge in [0.1, 0.15) is 0 Å². The van der Waals surface area contributed by atoms with Crippen LogP contribution in [0, 0.1) is 0 Å². The number of anilines is 2. The Labute approximate surface area is 168 Å². The maximum atomic E-state index is 12.6. The molecule has 1 unspecified atom stereocenters. The Hall–Kier alpha value is -3.39. The SMILES string of the molecule is CC(O)(CNC(=O)Nc1ccc(CC(=O)N2CCc3ccccc32)cc1)C(=O)O. The van der Waals surface area contributed by atoms with E-state index in [1.54, 1.807) is 29.2 Å². The van der Waals surface area contributed by atoms with Gasteiger partial charge in [0.15, 0.2) is 5.60 Å². The molecule has 0 bridgehead atoms. The molecule has 8 heteroatoms. The Kier molecular flexibility index (Phi) is 5.84. The molecule has 3 amide bonds. The maximum absolute atomic E-state index is 12.6. The maximum Gasteiger partial charge on any atom is 0.337 e. The van der Waals surface area contributed by atoms with E-state index in [2.05, 4.69) is 10.6 Å². The first-order valence-electron chi connectivity index (χ1n) is 9.24. The number of carbonyl (C=O) groups excluding carboxylic acids is 2. The molecule has 1 atom stereocenters. The van der Waals surface area contributed by atoms with Gasteiger partial charge in [0.25, 0.3) is 0 Å². The second-order valence-corrected chi connectivity index (χ2v) is 7.18. The molecule has 1 aliphatic heterocycles. The molecule has 0 saturated heterocycles. The number of para-hydroxylation sites is 1. The lowest BCUT2D eigenvalue weighted by molar-refractivity contribution is -0.155. The van der Waals surface area contributed by atoms with E-state index in [1.807, 2.05) is 24.3 Å². The standard InChI is InChI=1S/C21H23N3O5/c1-21(29,19(26)27)13-22-20(28)23-16-8-6-14(7-9-16)12-18(25)24-11-10-15-4-2-3-5-17(15)24/h2-9,29H,10-13H2,1H3,(H,26,27)(H2,22,23,28). The molecular weight excluding hydrogens is 374 g/mol. The number of aliphatic hydroxyl groups is 1. The van der Waals surface area contributed by atoms with Crippen molar-refractivity contribution in [2.75, 3.05) is 23.3 Å². The summed E-state index contributed by atoms with van der Waals surface area (Å²) < 4.78 is 0. The summed E-state index contributed by atoms with van der Waals surface area (Å²) in [5.41, 5.74) is 1.40. The number of rotatable bonds is 6. The Morgan fingerprint density at radius 2 is 1.79 bits per heavy atom. The second-order valence-electron chi connectivity index (χ2n) is 7.18. The van der Waals surface area contributed by atoms with Crippen LogP contribution in [0.25, 0.3) is 0 Å². The highest BCUT2D eigenvalue weighted by atomic mass is 16.4. The van der Waals surface area contributed by atoms with Gasteiger partial charge in [-0.15, -0.1) is 0 Å². The van der Waals surface area contributed by atoms with Crippen LogP contribution >= 0.6 is 0 Å². The topological polar surface area (TPSA) is 119 Å². The van der Waals surface area contributed by atoms with E-state index in [-0.39, 0.29) is 12.3 Å². The summed E-state index contributed by atoms with van der Waals surface area (Å²) >= 11 is 0. The largest absolute Gasteiger partial charge is 0.479 e. The van der Waals surface area contributed by atoms with E-state index in [0.717, 1.165) is 24.6 Å². The molecule has 1 heterocycles. The summed E-state index contributed by atoms with van der Waals surface area (Å²) in [6.07, 6.45) is 1.11. The Morgan fingerprint density at radius 1 is 1.10 bits per heavy atom. The number of carbonyl (C=O) groups is 3. The monoisotopic (exact) mass is 397 g/mol. The summed E-state index contributed by atoms with van der Waals surface area (Å²) in [7, 11) is 0. The van der Waals surface area contributed by atoms with Crippen LogP contribution in [0.3, 0.4) is 0 Å². The molecule has 8 nitrogen and oxygen atoms in total. The number of amides is 3. The second kappa shape index (κ2) is 8.32. The first kappa shape index (κ1) is 20.3. The number of benzene rings is 2. The normalized spacial score (nSPS) is 14.6. The number of nitrogens with zero attached hydrogens (tertiary/aromatic N) is 1. The van der Waals surface area contributed by atoms with Crippen molar-refractivity contribution in [3.8, 4) is 0 Å². The molecule has 0 aliphatic carbocycles. The van der Waals surface area contributed by atoms with E-state index in [9.17, 15) is 19.5 Å². The molecule has 0 radical (unpaired) electrons. The van der Waals surface area contributed by atoms with Gasteiger partial charge < -0.3 is 25.7 Å². The van der Waals surface area contributed by atoms with Gasteiger partial charge in [-0.1, -0.05) is 30.3 Å². The van der Waals surface area contributed by atoms with E-state index in [0.29, 0.717) is 12.2 Å². The third kappa shape index (κ3) is 4.91. The van der Waals surface area contributed by atoms with Gasteiger partial charge in [-0.25, -0.2) is 9.59 Å². The van der Waals surface area contributed by atoms with E-state index in [1.165, 1.54) is 5.56 Å². The molecule has 29 heavy (non-hydrogen) atoms. The van der Waals surface area contributed by atoms with Crippen molar-refractivity contribution in [2.45, 2.75) is 25.4 Å². The molecule has 4 N–H and O–H groups in total. The predicted octanol–water partition coefficient (Wildman–Crippen LogP) is 1.78. The fraction of sp³-hybridized carbons (Fsp3) is 0.286. The number of fused-ring (bicyclic) bond motifs is 1. The molecule has 152 valence electrons. The average Bonchev–Trinajstić information content (AvgIpc) is 3.12. The number of urea groups is 1. The average molecular weight is 397 g/mol. The Morgan fingerprint density at radius 3 is 2.48 bits per heavy atom. The van der Waals surface area contributed by atoms with Crippen molar-refractivity contribution in [1.29, 1.82) is 0 Å². The summed E-state index contributed by atoms with van der Waals surface area (Å²) in [6, 6.07) is 14.1. The zero-order chi connectivity index (χ0) is 21.0. The van der Waals surface area contributed by atoms with E-state index < -0.39 is 24.1 Å². The van der Waals surface area contributed by atoms with Crippen LogP contribution in [-0.2, 0) is 22.4 Å². The fourth-order valence-corrected chi connectivity index (χ4v) is 3.08. The van der Waals surface area contributed by atoms with Crippen LogP contribution in [0.15, 0.2) is 48.5 Å². The molecule has 3 rings (SSSR count). The van der Waals surface area contributed by atoms with Crippen LogP contribution in [0.5, 0.6) is 0 Å². The molecule has 2 aromatic rings. The number of carboxylic acid groups (broad SMARTS) is 1. The number of nitrogens with one attached hydrogen (secondary N) is 2. The lowest BCUT2D eigenvalue weighted by atomic mass is 10.1. The summed E-state index contributed by atoms with van der Waals surface area (Å²) in [6.45, 7) is 1.34. The molecule has 1 aliphatic rings. The lowest BCUT2D eigenvalue weighted by Crippen LogP contribution is -2.47. The molecule has 0 spiro atoms. The van der Waals surface area contributed by atoms with Crippen molar-refractivity contribution in [3.63, 3.8) is 0 Å². The zero-order valence-electron chi connectivity index (χ0n) is 16.0. The van der Waals surface area contributed by atoms with E-state index >= 15 is 0 Å². The molecular formula is C21H23N3O5. The van der Waals surface area contributed by atoms with Crippen molar-refractivity contribution >= 4 is 29.3 Å². The van der Waals surface area contributed by atoms with E-state index in [4.69, 9.17) is 5.11 Å². The van der Waals surface area contributed by atoms with Gasteiger partial charge in [0, 0.05) is 17.9 Å². The zero-order valence-corrected chi connectivity index (χ0v) is 16.0. The highest BCUT2D eigenvalue weighted by Crippen LogP contribution is 2.28. The highest BCUT2D eigenvalue weighted by molar-refractivity contribution is 5.97. The van der Waals surface area contributed by atoms with Crippen molar-refractivity contribution in [1.82, 2.24) is 5.32 Å². The van der Waals surface area contributed by atoms with Gasteiger partial charge >= 0.3 is 12.0 Å². The number of aliphatic carboxylic acids is 1. The van der Waals surface area contributed by atoms with Gasteiger partial charge in [0.05, 0.1) is 13.0 Å². The number of hydrogen-bond donors (Lipinski definition) is 4. The Balaban J connectivity index is 1.53. The molecule has 0 fully saturated rings. The van der Waals surface area contributed by atoms with Gasteiger partial charge in [-0.05, 0) is 42.7 Å². The minimum atomic E-state index is -2.05. The van der Waals surface area contributed by atoms with Gasteiger partial charge in [-0.2, -0.15) is 0 Å². The Bertz CT molecular complexity index is 924. The number of carboxylic acids is 1. The van der Waals surface area contributed by atoms with Crippen LogP contribution in [0.4, 0.5) is 16.2 Å². The third-order valence-corrected chi connectivity index (χ3v) is 4.81. The van der Waals surface area contributed by atoms with Crippen LogP contribution in [0.1, 0.15) is 18.1 Å². The van der Waals surface area contributed by atoms with Crippen LogP contribution < -0.4 is 15.5 Å². The van der Waals surface area contributed by atoms with Crippen molar-refractivity contribution in [3.05, 3.63) is 59.7 Å². The first-order chi connectivity index (χ1) is 13.8. The molecule has 0 aromatic heterocycles. The van der Waals surface area contributed by atoms with Crippen molar-refractivity contribution < 1.29 is 24.6 Å². The van der Waals surface area contributed by atoms with Gasteiger partial charge in [-0.3, -0.25) is 4.79 Å². The summed E-state index contributed by atoms with van der Waals surface area (Å²) in [5.74, 6) is -1.41.